The molecule has 3 unspecified atom stereocenters. The van der Waals surface area contributed by atoms with E-state index in [-0.39, 0.29) is 25.4 Å². The average Bonchev–Trinajstić information content (AvgIpc) is 2.80. The molecule has 1 aromatic rings. The van der Waals surface area contributed by atoms with Crippen molar-refractivity contribution in [2.24, 2.45) is 5.73 Å². The number of rotatable bonds is 13. The number of hydrogen-bond acceptors (Lipinski definition) is 6. The van der Waals surface area contributed by atoms with Crippen LogP contribution in [0.3, 0.4) is 0 Å². The highest BCUT2D eigenvalue weighted by molar-refractivity contribution is 5.93. The lowest BCUT2D eigenvalue weighted by molar-refractivity contribution is -0.143. The van der Waals surface area contributed by atoms with Crippen LogP contribution in [0.15, 0.2) is 24.3 Å². The highest BCUT2D eigenvalue weighted by Crippen LogP contribution is 2.26. The number of primary amides is 1. The number of nitrogens with two attached hydrogens (primary N) is 1. The zero-order valence-electron chi connectivity index (χ0n) is 22.4. The van der Waals surface area contributed by atoms with Crippen LogP contribution in [-0.4, -0.2) is 64.7 Å². The minimum atomic E-state index is -1.25. The van der Waals surface area contributed by atoms with Crippen LogP contribution in [0.2, 0.25) is 0 Å². The van der Waals surface area contributed by atoms with E-state index in [2.05, 4.69) is 16.6 Å². The van der Waals surface area contributed by atoms with E-state index in [0.717, 1.165) is 11.3 Å². The Labute approximate surface area is 219 Å². The Hall–Kier alpha value is -3.58. The Bertz CT molecular complexity index is 982. The highest BCUT2D eigenvalue weighted by atomic mass is 16.6. The number of amides is 4. The molecule has 0 bridgehead atoms. The minimum absolute atomic E-state index is 0.132. The smallest absolute Gasteiger partial charge is 0.408 e. The van der Waals surface area contributed by atoms with Gasteiger partial charge in [0.2, 0.25) is 17.7 Å². The Morgan fingerprint density at radius 1 is 1.16 bits per heavy atom. The zero-order chi connectivity index (χ0) is 28.2. The van der Waals surface area contributed by atoms with Crippen molar-refractivity contribution in [3.8, 4) is 12.3 Å². The highest BCUT2D eigenvalue weighted by Gasteiger charge is 2.37. The molecule has 5 N–H and O–H groups in total. The van der Waals surface area contributed by atoms with Crippen LogP contribution in [0.4, 0.5) is 4.79 Å². The van der Waals surface area contributed by atoms with Crippen LogP contribution < -0.4 is 16.4 Å². The van der Waals surface area contributed by atoms with Crippen LogP contribution in [0.1, 0.15) is 77.5 Å². The maximum atomic E-state index is 13.8. The molecule has 10 nitrogen and oxygen atoms in total. The van der Waals surface area contributed by atoms with Crippen molar-refractivity contribution in [3.05, 3.63) is 35.4 Å². The van der Waals surface area contributed by atoms with Crippen LogP contribution in [-0.2, 0) is 19.1 Å². The van der Waals surface area contributed by atoms with Gasteiger partial charge in [0, 0.05) is 24.6 Å². The summed E-state index contributed by atoms with van der Waals surface area (Å²) >= 11 is 0. The second-order valence-corrected chi connectivity index (χ2v) is 9.79. The molecular weight excluding hydrogens is 476 g/mol. The molecule has 4 amide bonds. The zero-order valence-corrected chi connectivity index (χ0v) is 22.4. The minimum Gasteiger partial charge on any atom is -0.444 e. The molecular formula is C27H40N4O6. The molecule has 0 aliphatic carbocycles. The number of nitrogens with one attached hydrogen (secondary N) is 2. The van der Waals surface area contributed by atoms with E-state index in [4.69, 9.17) is 16.9 Å². The standard InChI is InChI=1S/C27H40N4O6/c1-7-11-18(3)29-24(34)23(20-13-10-9-12-19(20)8-2)31(16-17-32)25(35)21(14-15-22(28)33)30-26(36)37-27(4,5)6/h2,9-10,12-13,18,21,23,32H,7,11,14-17H2,1,3-6H3,(H2,28,33)(H,29,34)(H,30,36). The summed E-state index contributed by atoms with van der Waals surface area (Å²) in [5.41, 5.74) is 5.24. The number of alkyl carbamates (subject to hydrolysis) is 1. The molecule has 1 aromatic carbocycles. The normalized spacial score (nSPS) is 13.4. The van der Waals surface area contributed by atoms with Crippen molar-refractivity contribution < 1.29 is 29.0 Å². The van der Waals surface area contributed by atoms with E-state index < -0.39 is 48.1 Å². The van der Waals surface area contributed by atoms with Gasteiger partial charge < -0.3 is 31.1 Å². The van der Waals surface area contributed by atoms with Gasteiger partial charge in [-0.05, 0) is 52.2 Å². The van der Waals surface area contributed by atoms with Gasteiger partial charge in [0.15, 0.2) is 0 Å². The summed E-state index contributed by atoms with van der Waals surface area (Å²) < 4.78 is 5.28. The van der Waals surface area contributed by atoms with Gasteiger partial charge in [-0.15, -0.1) is 6.42 Å². The SMILES string of the molecule is C#Cc1ccccc1C(C(=O)NC(C)CCC)N(CCO)C(=O)C(CCC(N)=O)NC(=O)OC(C)(C)C. The van der Waals surface area contributed by atoms with Crippen LogP contribution in [0.5, 0.6) is 0 Å². The van der Waals surface area contributed by atoms with Crippen molar-refractivity contribution in [2.45, 2.75) is 84.0 Å². The number of aliphatic hydroxyl groups is 1. The molecule has 0 aliphatic heterocycles. The molecule has 204 valence electrons. The summed E-state index contributed by atoms with van der Waals surface area (Å²) in [4.78, 5) is 52.6. The first-order valence-electron chi connectivity index (χ1n) is 12.4. The van der Waals surface area contributed by atoms with Crippen molar-refractivity contribution >= 4 is 23.8 Å². The molecule has 37 heavy (non-hydrogen) atoms. The van der Waals surface area contributed by atoms with Gasteiger partial charge in [0.25, 0.3) is 0 Å². The topological polar surface area (TPSA) is 151 Å². The molecule has 1 rings (SSSR count). The van der Waals surface area contributed by atoms with E-state index in [1.54, 1.807) is 45.0 Å². The molecule has 3 atom stereocenters. The van der Waals surface area contributed by atoms with Gasteiger partial charge in [-0.3, -0.25) is 14.4 Å². The van der Waals surface area contributed by atoms with Crippen molar-refractivity contribution in [2.75, 3.05) is 13.2 Å². The molecule has 0 aromatic heterocycles. The number of carbonyl (C=O) groups is 4. The first-order chi connectivity index (χ1) is 17.3. The van der Waals surface area contributed by atoms with E-state index in [0.29, 0.717) is 17.5 Å². The van der Waals surface area contributed by atoms with E-state index in [9.17, 15) is 24.3 Å². The van der Waals surface area contributed by atoms with Gasteiger partial charge in [-0.1, -0.05) is 37.5 Å². The van der Waals surface area contributed by atoms with Gasteiger partial charge in [-0.2, -0.15) is 0 Å². The number of aliphatic hydroxyl groups excluding tert-OH is 1. The van der Waals surface area contributed by atoms with Gasteiger partial charge in [0.05, 0.1) is 6.61 Å². The first kappa shape index (κ1) is 31.4. The van der Waals surface area contributed by atoms with E-state index in [1.165, 1.54) is 0 Å². The van der Waals surface area contributed by atoms with Gasteiger partial charge in [-0.25, -0.2) is 4.79 Å². The molecule has 0 spiro atoms. The summed E-state index contributed by atoms with van der Waals surface area (Å²) in [6, 6.07) is 4.05. The summed E-state index contributed by atoms with van der Waals surface area (Å²) in [5, 5.41) is 15.2. The number of terminal acetylenes is 1. The fraction of sp³-hybridized carbons (Fsp3) is 0.556. The van der Waals surface area contributed by atoms with Gasteiger partial charge >= 0.3 is 6.09 Å². The van der Waals surface area contributed by atoms with Crippen molar-refractivity contribution in [3.63, 3.8) is 0 Å². The lowest BCUT2D eigenvalue weighted by Crippen LogP contribution is -2.54. The molecule has 0 saturated carbocycles. The van der Waals surface area contributed by atoms with E-state index in [1.807, 2.05) is 13.8 Å². The number of hydrogen-bond donors (Lipinski definition) is 4. The number of carbonyl (C=O) groups excluding carboxylic acids is 4. The molecule has 10 heteroatoms. The number of nitrogens with zero attached hydrogens (tertiary/aromatic N) is 1. The third-order valence-electron chi connectivity index (χ3n) is 5.37. The van der Waals surface area contributed by atoms with Gasteiger partial charge in [0.1, 0.15) is 17.7 Å². The summed E-state index contributed by atoms with van der Waals surface area (Å²) in [5.74, 6) is 0.685. The Balaban J connectivity index is 3.53. The maximum Gasteiger partial charge on any atom is 0.408 e. The van der Waals surface area contributed by atoms with Crippen LogP contribution >= 0.6 is 0 Å². The molecule has 0 saturated heterocycles. The van der Waals surface area contributed by atoms with Crippen LogP contribution in [0.25, 0.3) is 0 Å². The fourth-order valence-corrected chi connectivity index (χ4v) is 3.81. The quantitative estimate of drug-likeness (QED) is 0.294. The van der Waals surface area contributed by atoms with E-state index >= 15 is 0 Å². The number of ether oxygens (including phenoxy) is 1. The second kappa shape index (κ2) is 14.9. The lowest BCUT2D eigenvalue weighted by Gasteiger charge is -2.35. The molecule has 0 heterocycles. The fourth-order valence-electron chi connectivity index (χ4n) is 3.81. The lowest BCUT2D eigenvalue weighted by atomic mass is 9.96. The Kier molecular flexibility index (Phi) is 12.6. The third-order valence-corrected chi connectivity index (χ3v) is 5.37. The molecule has 0 aliphatic rings. The van der Waals surface area contributed by atoms with Crippen LogP contribution in [0, 0.1) is 12.3 Å². The van der Waals surface area contributed by atoms with Crippen molar-refractivity contribution in [1.82, 2.24) is 15.5 Å². The predicted octanol–water partition coefficient (Wildman–Crippen LogP) is 1.99. The third kappa shape index (κ3) is 10.5. The first-order valence-corrected chi connectivity index (χ1v) is 12.4. The summed E-state index contributed by atoms with van der Waals surface area (Å²) in [7, 11) is 0. The summed E-state index contributed by atoms with van der Waals surface area (Å²) in [6.07, 6.45) is 6.03. The Morgan fingerprint density at radius 2 is 1.81 bits per heavy atom. The predicted molar refractivity (Wildman–Crippen MR) is 140 cm³/mol. The molecule has 0 fully saturated rings. The monoisotopic (exact) mass is 516 g/mol. The Morgan fingerprint density at radius 3 is 2.35 bits per heavy atom. The maximum absolute atomic E-state index is 13.8. The number of benzene rings is 1. The average molecular weight is 517 g/mol. The largest absolute Gasteiger partial charge is 0.444 e. The molecule has 0 radical (unpaired) electrons. The van der Waals surface area contributed by atoms with Crippen molar-refractivity contribution in [1.29, 1.82) is 0 Å². The second-order valence-electron chi connectivity index (χ2n) is 9.79. The summed E-state index contributed by atoms with van der Waals surface area (Å²) in [6.45, 7) is 8.14.